The van der Waals surface area contributed by atoms with Crippen molar-refractivity contribution in [2.75, 3.05) is 0 Å². The fraction of sp³-hybridized carbons (Fsp3) is 0.650. The molecule has 1 amide bonds. The summed E-state index contributed by atoms with van der Waals surface area (Å²) in [6.07, 6.45) is 5.86. The van der Waals surface area contributed by atoms with E-state index in [4.69, 9.17) is 5.73 Å². The number of hydrogen-bond donors (Lipinski definition) is 2. The summed E-state index contributed by atoms with van der Waals surface area (Å²) >= 11 is 1.69. The largest absolute Gasteiger partial charge is 0.352 e. The Morgan fingerprint density at radius 1 is 1.17 bits per heavy atom. The average molecular weight is 347 g/mol. The van der Waals surface area contributed by atoms with Gasteiger partial charge in [0.1, 0.15) is 0 Å². The zero-order chi connectivity index (χ0) is 17.1. The molecule has 4 heteroatoms. The van der Waals surface area contributed by atoms with Crippen molar-refractivity contribution in [1.82, 2.24) is 5.32 Å². The van der Waals surface area contributed by atoms with E-state index < -0.39 is 0 Å². The van der Waals surface area contributed by atoms with Gasteiger partial charge in [0.05, 0.1) is 5.25 Å². The van der Waals surface area contributed by atoms with E-state index >= 15 is 0 Å². The molecule has 24 heavy (non-hydrogen) atoms. The van der Waals surface area contributed by atoms with E-state index in [0.29, 0.717) is 29.8 Å². The number of carbonyl (C=O) groups excluding carboxylic acids is 1. The van der Waals surface area contributed by atoms with Crippen molar-refractivity contribution in [2.24, 2.45) is 23.5 Å². The van der Waals surface area contributed by atoms with Crippen molar-refractivity contribution >= 4 is 17.7 Å². The SMILES string of the molecule is CC(C)C(Sc1ccccc1)C(=O)NC1C2CCCC1CC(N)C2. The molecule has 2 saturated carbocycles. The van der Waals surface area contributed by atoms with Crippen molar-refractivity contribution in [3.05, 3.63) is 30.3 Å². The van der Waals surface area contributed by atoms with Crippen LogP contribution in [-0.4, -0.2) is 23.2 Å². The van der Waals surface area contributed by atoms with E-state index in [1.807, 2.05) is 18.2 Å². The smallest absolute Gasteiger partial charge is 0.233 e. The van der Waals surface area contributed by atoms with Gasteiger partial charge in [-0.25, -0.2) is 0 Å². The van der Waals surface area contributed by atoms with Gasteiger partial charge in [0.15, 0.2) is 0 Å². The molecule has 3 atom stereocenters. The number of fused-ring (bicyclic) bond motifs is 2. The summed E-state index contributed by atoms with van der Waals surface area (Å²) in [5.41, 5.74) is 6.21. The minimum Gasteiger partial charge on any atom is -0.352 e. The van der Waals surface area contributed by atoms with E-state index in [0.717, 1.165) is 17.7 Å². The third-order valence-electron chi connectivity index (χ3n) is 5.56. The van der Waals surface area contributed by atoms with Gasteiger partial charge < -0.3 is 11.1 Å². The van der Waals surface area contributed by atoms with Crippen LogP contribution in [0.3, 0.4) is 0 Å². The molecule has 3 unspecified atom stereocenters. The maximum atomic E-state index is 13.0. The summed E-state index contributed by atoms with van der Waals surface area (Å²) in [5, 5.41) is 3.39. The van der Waals surface area contributed by atoms with Crippen LogP contribution in [0.5, 0.6) is 0 Å². The second-order valence-electron chi connectivity index (χ2n) is 7.81. The van der Waals surface area contributed by atoms with Gasteiger partial charge in [-0.05, 0) is 55.6 Å². The van der Waals surface area contributed by atoms with Crippen LogP contribution in [-0.2, 0) is 4.79 Å². The quantitative estimate of drug-likeness (QED) is 0.797. The van der Waals surface area contributed by atoms with Gasteiger partial charge in [0, 0.05) is 17.0 Å². The number of thioether (sulfide) groups is 1. The highest BCUT2D eigenvalue weighted by atomic mass is 32.2. The van der Waals surface area contributed by atoms with Crippen LogP contribution in [0.25, 0.3) is 0 Å². The molecule has 3 nitrogen and oxygen atoms in total. The molecule has 0 aromatic heterocycles. The molecular formula is C20H30N2OS. The molecule has 0 saturated heterocycles. The topological polar surface area (TPSA) is 55.1 Å². The first-order valence-corrected chi connectivity index (χ1v) is 10.2. The highest BCUT2D eigenvalue weighted by Crippen LogP contribution is 2.40. The zero-order valence-corrected chi connectivity index (χ0v) is 15.6. The Morgan fingerprint density at radius 3 is 2.38 bits per heavy atom. The lowest BCUT2D eigenvalue weighted by Gasteiger charge is -2.45. The molecule has 1 aromatic rings. The average Bonchev–Trinajstić information content (AvgIpc) is 2.54. The number of nitrogens with two attached hydrogens (primary N) is 1. The molecule has 2 fully saturated rings. The standard InChI is InChI=1S/C20H30N2OS/c1-13(2)19(24-17-9-4-3-5-10-17)20(23)22-18-14-7-6-8-15(18)12-16(21)11-14/h3-5,9-10,13-16,18-19H,6-8,11-12,21H2,1-2H3,(H,22,23). The first-order chi connectivity index (χ1) is 11.5. The molecule has 0 heterocycles. The first-order valence-electron chi connectivity index (χ1n) is 9.32. The lowest BCUT2D eigenvalue weighted by Crippen LogP contribution is -2.55. The predicted molar refractivity (Wildman–Crippen MR) is 101 cm³/mol. The first kappa shape index (κ1) is 17.8. The van der Waals surface area contributed by atoms with Gasteiger partial charge in [-0.2, -0.15) is 0 Å². The molecule has 2 bridgehead atoms. The fourth-order valence-electron chi connectivity index (χ4n) is 4.41. The lowest BCUT2D eigenvalue weighted by molar-refractivity contribution is -0.123. The number of carbonyl (C=O) groups is 1. The zero-order valence-electron chi connectivity index (χ0n) is 14.8. The van der Waals surface area contributed by atoms with Crippen LogP contribution in [0.1, 0.15) is 46.0 Å². The number of hydrogen-bond acceptors (Lipinski definition) is 3. The molecule has 2 aliphatic carbocycles. The number of amides is 1. The Kier molecular flexibility index (Phi) is 5.88. The van der Waals surface area contributed by atoms with Crippen LogP contribution < -0.4 is 11.1 Å². The van der Waals surface area contributed by atoms with Gasteiger partial charge in [-0.15, -0.1) is 11.8 Å². The maximum absolute atomic E-state index is 13.0. The molecule has 1 aromatic carbocycles. The fourth-order valence-corrected chi connectivity index (χ4v) is 5.46. The van der Waals surface area contributed by atoms with Gasteiger partial charge in [-0.3, -0.25) is 4.79 Å². The third kappa shape index (κ3) is 4.15. The second-order valence-corrected chi connectivity index (χ2v) is 9.03. The molecule has 0 spiro atoms. The number of nitrogens with one attached hydrogen (secondary N) is 1. The Balaban J connectivity index is 1.67. The van der Waals surface area contributed by atoms with Gasteiger partial charge in [0.2, 0.25) is 5.91 Å². The Hall–Kier alpha value is -1.00. The molecular weight excluding hydrogens is 316 g/mol. The molecule has 0 aliphatic heterocycles. The molecule has 132 valence electrons. The van der Waals surface area contributed by atoms with Crippen LogP contribution in [0.4, 0.5) is 0 Å². The van der Waals surface area contributed by atoms with Crippen molar-refractivity contribution in [2.45, 2.75) is 68.2 Å². The summed E-state index contributed by atoms with van der Waals surface area (Å²) in [5.74, 6) is 1.66. The summed E-state index contributed by atoms with van der Waals surface area (Å²) in [6.45, 7) is 4.27. The van der Waals surface area contributed by atoms with Gasteiger partial charge in [-0.1, -0.05) is 38.5 Å². The highest BCUT2D eigenvalue weighted by Gasteiger charge is 2.40. The molecule has 2 aliphatic rings. The Morgan fingerprint density at radius 2 is 1.79 bits per heavy atom. The van der Waals surface area contributed by atoms with Crippen molar-refractivity contribution in [3.8, 4) is 0 Å². The minimum absolute atomic E-state index is 0.0382. The summed E-state index contributed by atoms with van der Waals surface area (Å²) < 4.78 is 0. The van der Waals surface area contributed by atoms with Crippen molar-refractivity contribution < 1.29 is 4.79 Å². The Labute approximate surface area is 150 Å². The van der Waals surface area contributed by atoms with Gasteiger partial charge >= 0.3 is 0 Å². The van der Waals surface area contributed by atoms with E-state index in [1.165, 1.54) is 19.3 Å². The summed E-state index contributed by atoms with van der Waals surface area (Å²) in [6, 6.07) is 10.9. The van der Waals surface area contributed by atoms with Crippen molar-refractivity contribution in [1.29, 1.82) is 0 Å². The summed E-state index contributed by atoms with van der Waals surface area (Å²) in [4.78, 5) is 14.2. The van der Waals surface area contributed by atoms with Gasteiger partial charge in [0.25, 0.3) is 0 Å². The second kappa shape index (κ2) is 7.92. The minimum atomic E-state index is -0.0382. The number of rotatable bonds is 5. The van der Waals surface area contributed by atoms with Crippen LogP contribution >= 0.6 is 11.8 Å². The van der Waals surface area contributed by atoms with Crippen molar-refractivity contribution in [3.63, 3.8) is 0 Å². The van der Waals surface area contributed by atoms with E-state index in [1.54, 1.807) is 11.8 Å². The predicted octanol–water partition coefficient (Wildman–Crippen LogP) is 3.83. The van der Waals surface area contributed by atoms with Crippen LogP contribution in [0.2, 0.25) is 0 Å². The molecule has 3 N–H and O–H groups in total. The van der Waals surface area contributed by atoms with E-state index in [9.17, 15) is 4.79 Å². The Bertz CT molecular complexity index is 534. The van der Waals surface area contributed by atoms with E-state index in [-0.39, 0.29) is 11.2 Å². The lowest BCUT2D eigenvalue weighted by atomic mass is 9.67. The maximum Gasteiger partial charge on any atom is 0.233 e. The van der Waals surface area contributed by atoms with Crippen LogP contribution in [0, 0.1) is 17.8 Å². The molecule has 3 rings (SSSR count). The van der Waals surface area contributed by atoms with E-state index in [2.05, 4.69) is 31.3 Å². The monoisotopic (exact) mass is 346 g/mol. The van der Waals surface area contributed by atoms with Crippen LogP contribution in [0.15, 0.2) is 35.2 Å². The number of benzene rings is 1. The third-order valence-corrected chi connectivity index (χ3v) is 7.11. The highest BCUT2D eigenvalue weighted by molar-refractivity contribution is 8.00. The normalized spacial score (nSPS) is 30.8. The molecule has 0 radical (unpaired) electrons. The summed E-state index contributed by atoms with van der Waals surface area (Å²) in [7, 11) is 0.